The highest BCUT2D eigenvalue weighted by Gasteiger charge is 2.32. The Morgan fingerprint density at radius 1 is 0.964 bits per heavy atom. The molecule has 1 unspecified atom stereocenters. The zero-order chi connectivity index (χ0) is 19.7. The Bertz CT molecular complexity index is 1010. The quantitative estimate of drug-likeness (QED) is 0.691. The van der Waals surface area contributed by atoms with Crippen molar-refractivity contribution in [3.8, 4) is 0 Å². The Balaban J connectivity index is 1.81. The second kappa shape index (κ2) is 7.68. The molecule has 0 saturated carbocycles. The van der Waals surface area contributed by atoms with E-state index in [9.17, 15) is 18.7 Å². The van der Waals surface area contributed by atoms with E-state index in [0.29, 0.717) is 31.5 Å². The predicted octanol–water partition coefficient (Wildman–Crippen LogP) is 5.00. The number of carboxylic acids is 1. The molecule has 1 N–H and O–H groups in total. The number of rotatable bonds is 4. The number of piperidine rings is 1. The standard InChI is InChI=1S/C23H21F2NO2/c24-17-8-9-20(21(25)14-17)22(26-12-10-16(11-13-26)23(27)28)19-7-3-5-15-4-1-2-6-18(15)19/h1-9,14,16,22H,10-13H2,(H,27,28). The molecule has 28 heavy (non-hydrogen) atoms. The van der Waals surface area contributed by atoms with Gasteiger partial charge in [0.15, 0.2) is 0 Å². The highest BCUT2D eigenvalue weighted by Crippen LogP contribution is 2.37. The van der Waals surface area contributed by atoms with Crippen LogP contribution < -0.4 is 0 Å². The summed E-state index contributed by atoms with van der Waals surface area (Å²) >= 11 is 0. The van der Waals surface area contributed by atoms with E-state index in [-0.39, 0.29) is 5.92 Å². The Morgan fingerprint density at radius 3 is 2.39 bits per heavy atom. The van der Waals surface area contributed by atoms with E-state index in [0.717, 1.165) is 22.4 Å². The van der Waals surface area contributed by atoms with E-state index in [1.165, 1.54) is 12.1 Å². The van der Waals surface area contributed by atoms with Crippen molar-refractivity contribution >= 4 is 16.7 Å². The summed E-state index contributed by atoms with van der Waals surface area (Å²) in [7, 11) is 0. The molecule has 0 radical (unpaired) electrons. The molecule has 1 aliphatic rings. The summed E-state index contributed by atoms with van der Waals surface area (Å²) in [5, 5.41) is 11.4. The van der Waals surface area contributed by atoms with Gasteiger partial charge < -0.3 is 5.11 Å². The topological polar surface area (TPSA) is 40.5 Å². The highest BCUT2D eigenvalue weighted by atomic mass is 19.1. The molecule has 4 rings (SSSR count). The molecule has 0 amide bonds. The van der Waals surface area contributed by atoms with Crippen LogP contribution in [0.25, 0.3) is 10.8 Å². The van der Waals surface area contributed by atoms with E-state index in [2.05, 4.69) is 4.90 Å². The van der Waals surface area contributed by atoms with Crippen molar-refractivity contribution in [2.45, 2.75) is 18.9 Å². The minimum Gasteiger partial charge on any atom is -0.481 e. The number of aliphatic carboxylic acids is 1. The van der Waals surface area contributed by atoms with Gasteiger partial charge in [-0.25, -0.2) is 8.78 Å². The van der Waals surface area contributed by atoms with Gasteiger partial charge in [0.1, 0.15) is 11.6 Å². The molecular weight excluding hydrogens is 360 g/mol. The van der Waals surface area contributed by atoms with Crippen LogP contribution in [-0.4, -0.2) is 29.1 Å². The zero-order valence-corrected chi connectivity index (χ0v) is 15.3. The number of hydrogen-bond acceptors (Lipinski definition) is 2. The summed E-state index contributed by atoms with van der Waals surface area (Å²) in [5.74, 6) is -2.35. The number of carboxylic acid groups (broad SMARTS) is 1. The average Bonchev–Trinajstić information content (AvgIpc) is 2.70. The minimum absolute atomic E-state index is 0.373. The Kier molecular flexibility index (Phi) is 5.09. The Morgan fingerprint density at radius 2 is 1.68 bits per heavy atom. The molecule has 1 fully saturated rings. The fourth-order valence-electron chi connectivity index (χ4n) is 4.18. The lowest BCUT2D eigenvalue weighted by Crippen LogP contribution is -2.39. The SMILES string of the molecule is O=C(O)C1CCN(C(c2ccc(F)cc2F)c2cccc3ccccc23)CC1. The summed E-state index contributed by atoms with van der Waals surface area (Å²) in [5.41, 5.74) is 1.35. The Labute approximate surface area is 162 Å². The lowest BCUT2D eigenvalue weighted by Gasteiger charge is -2.37. The number of hydrogen-bond donors (Lipinski definition) is 1. The predicted molar refractivity (Wildman–Crippen MR) is 104 cm³/mol. The third kappa shape index (κ3) is 3.50. The molecule has 0 aliphatic carbocycles. The number of likely N-dealkylation sites (tertiary alicyclic amines) is 1. The van der Waals surface area contributed by atoms with Gasteiger partial charge in [0.05, 0.1) is 12.0 Å². The van der Waals surface area contributed by atoms with Gasteiger partial charge in [-0.3, -0.25) is 9.69 Å². The van der Waals surface area contributed by atoms with Crippen LogP contribution in [0.1, 0.15) is 30.0 Å². The molecular formula is C23H21F2NO2. The largest absolute Gasteiger partial charge is 0.481 e. The molecule has 1 aliphatic heterocycles. The molecule has 0 aromatic heterocycles. The van der Waals surface area contributed by atoms with Crippen molar-refractivity contribution in [2.75, 3.05) is 13.1 Å². The van der Waals surface area contributed by atoms with E-state index in [1.807, 2.05) is 42.5 Å². The summed E-state index contributed by atoms with van der Waals surface area (Å²) in [6.45, 7) is 1.09. The van der Waals surface area contributed by atoms with Crippen molar-refractivity contribution in [2.24, 2.45) is 5.92 Å². The molecule has 3 aromatic rings. The van der Waals surface area contributed by atoms with E-state index < -0.39 is 23.6 Å². The first kappa shape index (κ1) is 18.6. The smallest absolute Gasteiger partial charge is 0.306 e. The normalized spacial score (nSPS) is 16.9. The molecule has 0 bridgehead atoms. The third-order valence-corrected chi connectivity index (χ3v) is 5.62. The van der Waals surface area contributed by atoms with Crippen LogP contribution in [0.3, 0.4) is 0 Å². The van der Waals surface area contributed by atoms with Crippen LogP contribution in [0.5, 0.6) is 0 Å². The first-order valence-corrected chi connectivity index (χ1v) is 9.44. The lowest BCUT2D eigenvalue weighted by atomic mass is 9.89. The summed E-state index contributed by atoms with van der Waals surface area (Å²) < 4.78 is 28.3. The highest BCUT2D eigenvalue weighted by molar-refractivity contribution is 5.86. The van der Waals surface area contributed by atoms with Crippen LogP contribution in [0, 0.1) is 17.6 Å². The second-order valence-corrected chi connectivity index (χ2v) is 7.29. The second-order valence-electron chi connectivity index (χ2n) is 7.29. The van der Waals surface area contributed by atoms with E-state index in [1.54, 1.807) is 0 Å². The summed E-state index contributed by atoms with van der Waals surface area (Å²) in [4.78, 5) is 13.4. The Hall–Kier alpha value is -2.79. The van der Waals surface area contributed by atoms with Gasteiger partial charge >= 0.3 is 5.97 Å². The average molecular weight is 381 g/mol. The van der Waals surface area contributed by atoms with Crippen LogP contribution in [0.2, 0.25) is 0 Å². The molecule has 3 aromatic carbocycles. The maximum absolute atomic E-state index is 14.8. The van der Waals surface area contributed by atoms with Crippen molar-refractivity contribution in [3.05, 3.63) is 83.4 Å². The fraction of sp³-hybridized carbons (Fsp3) is 0.261. The third-order valence-electron chi connectivity index (χ3n) is 5.62. The van der Waals surface area contributed by atoms with Crippen LogP contribution in [0.4, 0.5) is 8.78 Å². The lowest BCUT2D eigenvalue weighted by molar-refractivity contribution is -0.143. The maximum Gasteiger partial charge on any atom is 0.306 e. The number of benzene rings is 3. The minimum atomic E-state index is -0.783. The van der Waals surface area contributed by atoms with Crippen LogP contribution in [-0.2, 0) is 4.79 Å². The van der Waals surface area contributed by atoms with Gasteiger partial charge in [-0.05, 0) is 48.3 Å². The van der Waals surface area contributed by atoms with Crippen LogP contribution >= 0.6 is 0 Å². The monoisotopic (exact) mass is 381 g/mol. The molecule has 1 atom stereocenters. The van der Waals surface area contributed by atoms with Gasteiger partial charge in [-0.1, -0.05) is 48.5 Å². The zero-order valence-electron chi connectivity index (χ0n) is 15.3. The molecule has 1 heterocycles. The number of nitrogens with zero attached hydrogens (tertiary/aromatic N) is 1. The number of halogens is 2. The maximum atomic E-state index is 14.8. The van der Waals surface area contributed by atoms with Gasteiger partial charge in [-0.2, -0.15) is 0 Å². The van der Waals surface area contributed by atoms with E-state index >= 15 is 0 Å². The van der Waals surface area contributed by atoms with Crippen LogP contribution in [0.15, 0.2) is 60.7 Å². The molecule has 0 spiro atoms. The van der Waals surface area contributed by atoms with Crippen molar-refractivity contribution in [1.82, 2.24) is 4.90 Å². The summed E-state index contributed by atoms with van der Waals surface area (Å²) in [6, 6.07) is 17.1. The fourth-order valence-corrected chi connectivity index (χ4v) is 4.18. The number of carbonyl (C=O) groups is 1. The van der Waals surface area contributed by atoms with Gasteiger partial charge in [0.2, 0.25) is 0 Å². The first-order chi connectivity index (χ1) is 13.5. The van der Waals surface area contributed by atoms with Gasteiger partial charge in [0.25, 0.3) is 0 Å². The van der Waals surface area contributed by atoms with Crippen molar-refractivity contribution < 1.29 is 18.7 Å². The molecule has 144 valence electrons. The van der Waals surface area contributed by atoms with E-state index in [4.69, 9.17) is 0 Å². The molecule has 1 saturated heterocycles. The van der Waals surface area contributed by atoms with Crippen molar-refractivity contribution in [3.63, 3.8) is 0 Å². The molecule has 5 heteroatoms. The summed E-state index contributed by atoms with van der Waals surface area (Å²) in [6.07, 6.45) is 1.03. The van der Waals surface area contributed by atoms with Gasteiger partial charge in [-0.15, -0.1) is 0 Å². The first-order valence-electron chi connectivity index (χ1n) is 9.44. The van der Waals surface area contributed by atoms with Gasteiger partial charge in [0, 0.05) is 11.6 Å². The van der Waals surface area contributed by atoms with Crippen molar-refractivity contribution in [1.29, 1.82) is 0 Å². The molecule has 3 nitrogen and oxygen atoms in total. The number of fused-ring (bicyclic) bond motifs is 1.